The topological polar surface area (TPSA) is 72.1 Å². The normalized spacial score (nSPS) is 12.2. The summed E-state index contributed by atoms with van der Waals surface area (Å²) in [5.74, 6) is 1.57. The number of nitrogens with zero attached hydrogens (tertiary/aromatic N) is 2. The number of benzene rings is 1. The molecule has 1 atom stereocenters. The molecule has 0 bridgehead atoms. The predicted molar refractivity (Wildman–Crippen MR) is 71.4 cm³/mol. The van der Waals surface area contributed by atoms with Gasteiger partial charge in [0.15, 0.2) is 0 Å². The summed E-state index contributed by atoms with van der Waals surface area (Å²) in [5, 5.41) is 14.0. The molecule has 0 amide bonds. The minimum absolute atomic E-state index is 0.0891. The molecule has 1 aromatic heterocycles. The summed E-state index contributed by atoms with van der Waals surface area (Å²) < 4.78 is 10.7. The second-order valence-corrected chi connectivity index (χ2v) is 3.99. The number of hydrogen-bond acceptors (Lipinski definition) is 5. The lowest BCUT2D eigenvalue weighted by Crippen LogP contribution is -2.23. The number of rotatable bonds is 6. The zero-order valence-corrected chi connectivity index (χ0v) is 11.3. The molecule has 0 saturated carbocycles. The van der Waals surface area contributed by atoms with Crippen LogP contribution in [-0.2, 0) is 0 Å². The maximum atomic E-state index is 5.42. The molecule has 0 radical (unpaired) electrons. The molecule has 2 aromatic rings. The third-order valence-electron chi connectivity index (χ3n) is 2.89. The van der Waals surface area contributed by atoms with Crippen molar-refractivity contribution in [2.75, 3.05) is 20.8 Å². The summed E-state index contributed by atoms with van der Waals surface area (Å²) >= 11 is 0. The Morgan fingerprint density at radius 3 is 2.74 bits per heavy atom. The molecule has 1 heterocycles. The Labute approximate surface area is 112 Å². The van der Waals surface area contributed by atoms with Crippen LogP contribution in [0.2, 0.25) is 0 Å². The highest BCUT2D eigenvalue weighted by Gasteiger charge is 2.20. The standard InChI is InChI=1S/C13H18N4O2/c1-4-14-13(11-8-15-17-16-11)10-7-9(18-2)5-6-12(10)19-3/h5-8,13-14H,4H2,1-3H3,(H,15,16,17). The Kier molecular flexibility index (Phi) is 4.35. The summed E-state index contributed by atoms with van der Waals surface area (Å²) in [6, 6.07) is 5.61. The van der Waals surface area contributed by atoms with Crippen molar-refractivity contribution in [3.8, 4) is 11.5 Å². The predicted octanol–water partition coefficient (Wildman–Crippen LogP) is 1.52. The van der Waals surface area contributed by atoms with E-state index in [9.17, 15) is 0 Å². The average molecular weight is 262 g/mol. The van der Waals surface area contributed by atoms with Crippen LogP contribution < -0.4 is 14.8 Å². The van der Waals surface area contributed by atoms with E-state index in [0.717, 1.165) is 29.3 Å². The molecular formula is C13H18N4O2. The summed E-state index contributed by atoms with van der Waals surface area (Å²) in [6.45, 7) is 2.84. The number of H-pyrrole nitrogens is 1. The van der Waals surface area contributed by atoms with Gasteiger partial charge in [-0.05, 0) is 24.7 Å². The molecule has 1 unspecified atom stereocenters. The molecule has 0 fully saturated rings. The highest BCUT2D eigenvalue weighted by atomic mass is 16.5. The van der Waals surface area contributed by atoms with Crippen LogP contribution in [0.5, 0.6) is 11.5 Å². The van der Waals surface area contributed by atoms with Gasteiger partial charge in [-0.25, -0.2) is 0 Å². The Morgan fingerprint density at radius 2 is 2.16 bits per heavy atom. The zero-order valence-electron chi connectivity index (χ0n) is 11.3. The number of ether oxygens (including phenoxy) is 2. The van der Waals surface area contributed by atoms with Crippen molar-refractivity contribution < 1.29 is 9.47 Å². The van der Waals surface area contributed by atoms with E-state index in [1.54, 1.807) is 20.4 Å². The lowest BCUT2D eigenvalue weighted by molar-refractivity contribution is 0.393. The van der Waals surface area contributed by atoms with Crippen LogP contribution >= 0.6 is 0 Å². The number of methoxy groups -OCH3 is 2. The number of nitrogens with one attached hydrogen (secondary N) is 2. The van der Waals surface area contributed by atoms with Crippen LogP contribution in [0.3, 0.4) is 0 Å². The second kappa shape index (κ2) is 6.19. The number of aromatic nitrogens is 3. The van der Waals surface area contributed by atoms with Crippen molar-refractivity contribution in [1.29, 1.82) is 0 Å². The van der Waals surface area contributed by atoms with Gasteiger partial charge < -0.3 is 14.8 Å². The minimum Gasteiger partial charge on any atom is -0.497 e. The van der Waals surface area contributed by atoms with Crippen LogP contribution in [0.25, 0.3) is 0 Å². The third-order valence-corrected chi connectivity index (χ3v) is 2.89. The smallest absolute Gasteiger partial charge is 0.124 e. The molecule has 0 aliphatic heterocycles. The van der Waals surface area contributed by atoms with E-state index in [-0.39, 0.29) is 6.04 Å². The first-order valence-corrected chi connectivity index (χ1v) is 6.11. The molecule has 19 heavy (non-hydrogen) atoms. The highest BCUT2D eigenvalue weighted by Crippen LogP contribution is 2.32. The van der Waals surface area contributed by atoms with E-state index in [4.69, 9.17) is 9.47 Å². The molecular weight excluding hydrogens is 244 g/mol. The summed E-state index contributed by atoms with van der Waals surface area (Å²) in [6.07, 6.45) is 1.70. The van der Waals surface area contributed by atoms with Gasteiger partial charge in [-0.3, -0.25) is 0 Å². The van der Waals surface area contributed by atoms with E-state index in [1.807, 2.05) is 25.1 Å². The fourth-order valence-corrected chi connectivity index (χ4v) is 1.99. The Bertz CT molecular complexity index is 513. The zero-order chi connectivity index (χ0) is 13.7. The highest BCUT2D eigenvalue weighted by molar-refractivity contribution is 5.44. The molecule has 0 aliphatic rings. The van der Waals surface area contributed by atoms with Gasteiger partial charge in [-0.15, -0.1) is 0 Å². The summed E-state index contributed by atoms with van der Waals surface area (Å²) in [5.41, 5.74) is 1.78. The van der Waals surface area contributed by atoms with Gasteiger partial charge in [-0.2, -0.15) is 15.4 Å². The fourth-order valence-electron chi connectivity index (χ4n) is 1.99. The van der Waals surface area contributed by atoms with Crippen molar-refractivity contribution in [1.82, 2.24) is 20.7 Å². The van der Waals surface area contributed by atoms with Crippen molar-refractivity contribution in [3.63, 3.8) is 0 Å². The molecule has 0 aliphatic carbocycles. The van der Waals surface area contributed by atoms with Crippen LogP contribution in [0.4, 0.5) is 0 Å². The van der Waals surface area contributed by atoms with Gasteiger partial charge in [0.05, 0.1) is 26.5 Å². The van der Waals surface area contributed by atoms with Gasteiger partial charge in [0.2, 0.25) is 0 Å². The van der Waals surface area contributed by atoms with Gasteiger partial charge in [0, 0.05) is 5.56 Å². The lowest BCUT2D eigenvalue weighted by Gasteiger charge is -2.19. The van der Waals surface area contributed by atoms with E-state index in [1.165, 1.54) is 0 Å². The number of hydrogen-bond donors (Lipinski definition) is 2. The Hall–Kier alpha value is -2.08. The van der Waals surface area contributed by atoms with Crippen LogP contribution in [0, 0.1) is 0 Å². The summed E-state index contributed by atoms with van der Waals surface area (Å²) in [7, 11) is 3.29. The van der Waals surface area contributed by atoms with Crippen LogP contribution in [0.15, 0.2) is 24.4 Å². The summed E-state index contributed by atoms with van der Waals surface area (Å²) in [4.78, 5) is 0. The minimum atomic E-state index is -0.0891. The van der Waals surface area contributed by atoms with E-state index >= 15 is 0 Å². The quantitative estimate of drug-likeness (QED) is 0.826. The maximum absolute atomic E-state index is 5.42. The van der Waals surface area contributed by atoms with Crippen LogP contribution in [-0.4, -0.2) is 36.2 Å². The maximum Gasteiger partial charge on any atom is 0.124 e. The first-order valence-electron chi connectivity index (χ1n) is 6.11. The number of aromatic amines is 1. The molecule has 1 aromatic carbocycles. The van der Waals surface area contributed by atoms with Crippen molar-refractivity contribution in [2.24, 2.45) is 0 Å². The second-order valence-electron chi connectivity index (χ2n) is 3.99. The Balaban J connectivity index is 2.45. The first kappa shape index (κ1) is 13.4. The van der Waals surface area contributed by atoms with Crippen molar-refractivity contribution in [3.05, 3.63) is 35.7 Å². The molecule has 6 heteroatoms. The molecule has 0 saturated heterocycles. The van der Waals surface area contributed by atoms with Gasteiger partial charge in [-0.1, -0.05) is 6.92 Å². The van der Waals surface area contributed by atoms with E-state index in [0.29, 0.717) is 0 Å². The van der Waals surface area contributed by atoms with Gasteiger partial charge in [0.25, 0.3) is 0 Å². The molecule has 2 N–H and O–H groups in total. The SMILES string of the molecule is CCNC(c1cn[nH]n1)c1cc(OC)ccc1OC. The third kappa shape index (κ3) is 2.85. The van der Waals surface area contributed by atoms with Crippen LogP contribution in [0.1, 0.15) is 24.2 Å². The van der Waals surface area contributed by atoms with Crippen molar-refractivity contribution >= 4 is 0 Å². The lowest BCUT2D eigenvalue weighted by atomic mass is 10.0. The Morgan fingerprint density at radius 1 is 1.32 bits per heavy atom. The molecule has 6 nitrogen and oxygen atoms in total. The molecule has 2 rings (SSSR count). The van der Waals surface area contributed by atoms with E-state index < -0.39 is 0 Å². The monoisotopic (exact) mass is 262 g/mol. The largest absolute Gasteiger partial charge is 0.497 e. The molecule has 0 spiro atoms. The van der Waals surface area contributed by atoms with Gasteiger partial charge in [0.1, 0.15) is 17.2 Å². The average Bonchev–Trinajstić information content (AvgIpc) is 2.98. The fraction of sp³-hybridized carbons (Fsp3) is 0.385. The van der Waals surface area contributed by atoms with E-state index in [2.05, 4.69) is 20.7 Å². The first-order chi connectivity index (χ1) is 9.30. The van der Waals surface area contributed by atoms with Gasteiger partial charge >= 0.3 is 0 Å². The van der Waals surface area contributed by atoms with Crippen molar-refractivity contribution in [2.45, 2.75) is 13.0 Å². The molecule has 102 valence electrons.